The van der Waals surface area contributed by atoms with E-state index in [2.05, 4.69) is 35.9 Å². The molecule has 2 aromatic carbocycles. The molecule has 5 aliphatic rings. The topological polar surface area (TPSA) is 222 Å². The Balaban J connectivity index is 0.000000200. The van der Waals surface area contributed by atoms with E-state index in [0.29, 0.717) is 78.5 Å². The van der Waals surface area contributed by atoms with Gasteiger partial charge in [0.15, 0.2) is 0 Å². The van der Waals surface area contributed by atoms with Crippen molar-refractivity contribution in [2.24, 2.45) is 0 Å². The number of benzene rings is 2. The lowest BCUT2D eigenvalue weighted by atomic mass is 9.82. The van der Waals surface area contributed by atoms with E-state index in [4.69, 9.17) is 40.5 Å². The number of aromatic nitrogens is 4. The summed E-state index contributed by atoms with van der Waals surface area (Å²) in [5, 5.41) is 9.64. The van der Waals surface area contributed by atoms with Crippen LogP contribution in [0.15, 0.2) is 49.1 Å². The zero-order valence-electron chi connectivity index (χ0n) is 37.3. The number of ether oxygens (including phenoxy) is 5. The molecule has 66 heavy (non-hydrogen) atoms. The van der Waals surface area contributed by atoms with Gasteiger partial charge in [-0.15, -0.1) is 0 Å². The number of aryl methyl sites for hydroxylation is 2. The molecule has 1 amide bonds. The van der Waals surface area contributed by atoms with Gasteiger partial charge in [-0.3, -0.25) is 4.90 Å². The highest BCUT2D eigenvalue weighted by atomic mass is 32.1. The van der Waals surface area contributed by atoms with Gasteiger partial charge in [0.2, 0.25) is 11.8 Å². The number of nitrogens with one attached hydrogen (secondary N) is 3. The van der Waals surface area contributed by atoms with Crippen molar-refractivity contribution in [3.63, 3.8) is 0 Å². The van der Waals surface area contributed by atoms with E-state index in [1.807, 2.05) is 51.7 Å². The van der Waals surface area contributed by atoms with Crippen LogP contribution in [0.1, 0.15) is 74.1 Å². The van der Waals surface area contributed by atoms with Gasteiger partial charge >= 0.3 is 29.2 Å². The van der Waals surface area contributed by atoms with E-state index in [0.717, 1.165) is 62.0 Å². The molecule has 18 nitrogen and oxygen atoms in total. The predicted molar refractivity (Wildman–Crippen MR) is 238 cm³/mol. The monoisotopic (exact) mass is 956 g/mol. The number of nitrogens with zero attached hydrogens (tertiary/aromatic N) is 5. The third-order valence-electron chi connectivity index (χ3n) is 12.0. The van der Waals surface area contributed by atoms with E-state index >= 15 is 0 Å². The van der Waals surface area contributed by atoms with Crippen molar-refractivity contribution in [2.45, 2.75) is 122 Å². The smallest absolute Gasteiger partial charge is 0.410 e. The summed E-state index contributed by atoms with van der Waals surface area (Å²) in [6.45, 7) is 11.8. The normalized spacial score (nSPS) is 23.2. The maximum atomic E-state index is 14.3. The van der Waals surface area contributed by atoms with Gasteiger partial charge in [0.25, 0.3) is 0 Å². The van der Waals surface area contributed by atoms with Crippen LogP contribution in [-0.2, 0) is 37.4 Å². The van der Waals surface area contributed by atoms with Crippen LogP contribution < -0.4 is 25.4 Å². The lowest BCUT2D eigenvalue weighted by Gasteiger charge is -2.49. The molecule has 1 aliphatic carbocycles. The Kier molecular flexibility index (Phi) is 17.6. The number of carbonyl (C=O) groups is 1. The molecule has 0 spiro atoms. The summed E-state index contributed by atoms with van der Waals surface area (Å²) < 4.78 is 91.2. The summed E-state index contributed by atoms with van der Waals surface area (Å²) in [7, 11) is 0. The Labute approximate surface area is 388 Å². The van der Waals surface area contributed by atoms with E-state index < -0.39 is 23.1 Å². The number of morpholine rings is 2. The standard InChI is InChI=1S/C25H31FN4O4.C19H23FN4O2.2O2S/c1-15-5-6-21(20(26)9-15)29-22-16(2)23(28-14-27-22)33-19-10-17-12-32-13-18(11-19)30(17)24(31)34-25(3)7-4-8-25;1-11-3-4-17(16(20)5-11)24-18-12(2)19(22-10-21-18)26-15-6-13-8-25-9-14(7-15)23-13;2*1-3-2/h5-6,9,14,17-19H,4,7-8,10-13H2,1-3H3,(H,27,28,29);3-5,10,13-15,23H,6-9H2,1-2H3,(H,21,22,24);;. The van der Waals surface area contributed by atoms with Crippen LogP contribution in [0.3, 0.4) is 0 Å². The first-order valence-electron chi connectivity index (χ1n) is 21.5. The van der Waals surface area contributed by atoms with Crippen molar-refractivity contribution in [1.82, 2.24) is 30.2 Å². The van der Waals surface area contributed by atoms with Crippen LogP contribution in [0.5, 0.6) is 11.8 Å². The Morgan fingerprint density at radius 3 is 1.58 bits per heavy atom. The Morgan fingerprint density at radius 2 is 1.15 bits per heavy atom. The first-order chi connectivity index (χ1) is 31.7. The van der Waals surface area contributed by atoms with Crippen molar-refractivity contribution in [1.29, 1.82) is 0 Å². The van der Waals surface area contributed by atoms with Crippen molar-refractivity contribution >= 4 is 52.2 Å². The lowest BCUT2D eigenvalue weighted by molar-refractivity contribution is -0.114. The van der Waals surface area contributed by atoms with Crippen LogP contribution in [0.25, 0.3) is 0 Å². The molecule has 5 fully saturated rings. The third-order valence-corrected chi connectivity index (χ3v) is 12.0. The summed E-state index contributed by atoms with van der Waals surface area (Å²) in [5.41, 5.74) is 3.58. The molecule has 4 aromatic rings. The molecule has 6 heterocycles. The molecule has 1 saturated carbocycles. The second-order valence-electron chi connectivity index (χ2n) is 17.1. The number of rotatable bonds is 9. The molecule has 4 unspecified atom stereocenters. The maximum Gasteiger partial charge on any atom is 0.410 e. The highest BCUT2D eigenvalue weighted by Gasteiger charge is 2.46. The molecule has 4 saturated heterocycles. The molecule has 0 radical (unpaired) electrons. The molecule has 356 valence electrons. The molecule has 4 aliphatic heterocycles. The summed E-state index contributed by atoms with van der Waals surface area (Å²) in [5.74, 6) is 1.38. The van der Waals surface area contributed by atoms with Gasteiger partial charge in [-0.1, -0.05) is 12.1 Å². The third kappa shape index (κ3) is 13.1. The van der Waals surface area contributed by atoms with Crippen LogP contribution in [-0.4, -0.2) is 116 Å². The number of amides is 1. The van der Waals surface area contributed by atoms with Crippen LogP contribution in [0.2, 0.25) is 0 Å². The first kappa shape index (κ1) is 49.9. The van der Waals surface area contributed by atoms with Crippen LogP contribution >= 0.6 is 0 Å². The maximum absolute atomic E-state index is 14.3. The number of halogens is 2. The van der Waals surface area contributed by atoms with E-state index in [-0.39, 0.29) is 47.6 Å². The van der Waals surface area contributed by atoms with Gasteiger partial charge < -0.3 is 39.6 Å². The highest BCUT2D eigenvalue weighted by molar-refractivity contribution is 7.51. The molecular formula is C44H54F2N8O10S2. The zero-order valence-corrected chi connectivity index (χ0v) is 38.9. The van der Waals surface area contributed by atoms with Crippen molar-refractivity contribution < 1.29 is 54.1 Å². The van der Waals surface area contributed by atoms with Crippen molar-refractivity contribution in [3.8, 4) is 11.8 Å². The van der Waals surface area contributed by atoms with Crippen LogP contribution in [0.4, 0.5) is 36.6 Å². The molecule has 22 heteroatoms. The van der Waals surface area contributed by atoms with E-state index in [1.54, 1.807) is 12.1 Å². The second-order valence-corrected chi connectivity index (χ2v) is 17.4. The van der Waals surface area contributed by atoms with Gasteiger partial charge in [0, 0.05) is 37.8 Å². The minimum atomic E-state index is -0.750. The minimum absolute atomic E-state index is 0.0905. The molecule has 2 aromatic heterocycles. The summed E-state index contributed by atoms with van der Waals surface area (Å²) in [6.07, 6.45) is 8.53. The van der Waals surface area contributed by atoms with Gasteiger partial charge in [-0.25, -0.2) is 33.5 Å². The number of carbonyl (C=O) groups excluding carboxylic acids is 1. The molecule has 9 rings (SSSR count). The number of anilines is 4. The Hall–Kier alpha value is -5.55. The summed E-state index contributed by atoms with van der Waals surface area (Å²) in [6, 6.07) is 10.5. The van der Waals surface area contributed by atoms with Crippen molar-refractivity contribution in [3.05, 3.63) is 82.9 Å². The number of hydrogen-bond donors (Lipinski definition) is 3. The molecule has 4 atom stereocenters. The number of fused-ring (bicyclic) bond motifs is 4. The zero-order chi connectivity index (χ0) is 47.4. The fourth-order valence-electron chi connectivity index (χ4n) is 8.55. The Morgan fingerprint density at radius 1 is 0.712 bits per heavy atom. The number of piperidine rings is 2. The average Bonchev–Trinajstić information content (AvgIpc) is 3.25. The Bertz CT molecular complexity index is 2350. The lowest BCUT2D eigenvalue weighted by Crippen LogP contribution is -2.62. The van der Waals surface area contributed by atoms with Gasteiger partial charge in [-0.2, -0.15) is 16.8 Å². The average molecular weight is 957 g/mol. The van der Waals surface area contributed by atoms with Gasteiger partial charge in [0.05, 0.1) is 61.0 Å². The van der Waals surface area contributed by atoms with E-state index in [1.165, 1.54) is 24.8 Å². The molecular weight excluding hydrogens is 903 g/mol. The minimum Gasteiger partial charge on any atom is -0.474 e. The van der Waals surface area contributed by atoms with Crippen molar-refractivity contribution in [2.75, 3.05) is 37.1 Å². The van der Waals surface area contributed by atoms with E-state index in [9.17, 15) is 13.6 Å². The summed E-state index contributed by atoms with van der Waals surface area (Å²) >= 11 is -1.50. The van der Waals surface area contributed by atoms with Gasteiger partial charge in [-0.05, 0) is 89.3 Å². The van der Waals surface area contributed by atoms with Crippen LogP contribution in [0, 0.1) is 39.3 Å². The fourth-order valence-corrected chi connectivity index (χ4v) is 8.55. The van der Waals surface area contributed by atoms with Gasteiger partial charge in [0.1, 0.15) is 53.7 Å². The fraction of sp³-hybridized carbons (Fsp3) is 0.523. The second kappa shape index (κ2) is 23.3. The first-order valence-corrected chi connectivity index (χ1v) is 22.9. The number of hydrogen-bond acceptors (Lipinski definition) is 17. The predicted octanol–water partition coefficient (Wildman–Crippen LogP) is 6.20. The highest BCUT2D eigenvalue weighted by Crippen LogP contribution is 2.38. The SMILES string of the molecule is Cc1ccc(Nc2ncnc(OC3CC4COCC(C3)N4)c2C)c(F)c1.Cc1ccc(Nc2ncnc(OC3CC4COCC(C3)N4C(=O)OC3(C)CCC3)c2C)c(F)c1.O=S=O.O=S=O. The largest absolute Gasteiger partial charge is 0.474 e. The molecule has 4 bridgehead atoms. The quantitative estimate of drug-likeness (QED) is 0.170. The summed E-state index contributed by atoms with van der Waals surface area (Å²) in [4.78, 5) is 31.9. The molecule has 3 N–H and O–H groups in total.